The molecule has 0 unspecified atom stereocenters. The topological polar surface area (TPSA) is 80.5 Å². The average molecular weight is 356 g/mol. The van der Waals surface area contributed by atoms with Crippen LogP contribution in [-0.2, 0) is 15.8 Å². The zero-order valence-electron chi connectivity index (χ0n) is 13.5. The van der Waals surface area contributed by atoms with Crippen molar-refractivity contribution in [3.8, 4) is 0 Å². The number of nitrogens with zero attached hydrogens (tertiary/aromatic N) is 1. The number of likely N-dealkylation sites (tertiary alicyclic amines) is 1. The van der Waals surface area contributed by atoms with Crippen molar-refractivity contribution in [3.05, 3.63) is 35.4 Å². The lowest BCUT2D eigenvalue weighted by Gasteiger charge is -2.32. The minimum Gasteiger partial charge on any atom is -0.370 e. The Hall–Kier alpha value is -2.38. The smallest absolute Gasteiger partial charge is 0.370 e. The van der Waals surface area contributed by atoms with Gasteiger partial charge in [-0.2, -0.15) is 13.2 Å². The number of carbonyl (C=O) groups excluding carboxylic acids is 3. The fourth-order valence-electron chi connectivity index (χ4n) is 2.87. The van der Waals surface area contributed by atoms with Gasteiger partial charge in [-0.15, -0.1) is 0 Å². The maximum atomic E-state index is 12.6. The van der Waals surface area contributed by atoms with Crippen LogP contribution in [0.5, 0.6) is 0 Å². The molecule has 8 heteroatoms. The van der Waals surface area contributed by atoms with Crippen LogP contribution in [0, 0.1) is 5.92 Å². The fraction of sp³-hybridized carbons (Fsp3) is 0.471. The molecule has 1 fully saturated rings. The molecule has 0 aliphatic carbocycles. The van der Waals surface area contributed by atoms with E-state index in [0.29, 0.717) is 19.4 Å². The minimum absolute atomic E-state index is 0.00345. The van der Waals surface area contributed by atoms with Crippen LogP contribution in [0.25, 0.3) is 0 Å². The molecule has 0 saturated carbocycles. The Balaban J connectivity index is 2.01. The van der Waals surface area contributed by atoms with Gasteiger partial charge in [0.15, 0.2) is 5.78 Å². The van der Waals surface area contributed by atoms with Crippen molar-refractivity contribution in [1.29, 1.82) is 0 Å². The molecule has 1 aromatic rings. The summed E-state index contributed by atoms with van der Waals surface area (Å²) in [5.41, 5.74) is 4.41. The van der Waals surface area contributed by atoms with E-state index in [0.717, 1.165) is 12.1 Å². The monoisotopic (exact) mass is 356 g/mol. The third-order valence-electron chi connectivity index (χ3n) is 4.23. The maximum absolute atomic E-state index is 12.6. The Morgan fingerprint density at radius 2 is 1.76 bits per heavy atom. The molecule has 2 rings (SSSR count). The first-order valence-electron chi connectivity index (χ1n) is 7.96. The lowest BCUT2D eigenvalue weighted by atomic mass is 9.89. The molecule has 5 nitrogen and oxygen atoms in total. The summed E-state index contributed by atoms with van der Waals surface area (Å²) in [6, 6.07) is 4.09. The third-order valence-corrected chi connectivity index (χ3v) is 4.23. The molecule has 0 bridgehead atoms. The molecule has 1 aliphatic rings. The molecule has 1 atom stereocenters. The number of rotatable bonds is 5. The first kappa shape index (κ1) is 19.0. The Morgan fingerprint density at radius 3 is 2.32 bits per heavy atom. The zero-order chi connectivity index (χ0) is 18.6. The molecular formula is C17H19F3N2O3. The van der Waals surface area contributed by atoms with Crippen molar-refractivity contribution < 1.29 is 27.6 Å². The number of benzene rings is 1. The van der Waals surface area contributed by atoms with Crippen molar-refractivity contribution in [1.82, 2.24) is 4.90 Å². The molecule has 1 heterocycles. The normalized spacial score (nSPS) is 18.0. The van der Waals surface area contributed by atoms with Crippen LogP contribution in [0.1, 0.15) is 41.6 Å². The first-order valence-corrected chi connectivity index (χ1v) is 7.96. The number of hydrogen-bond donors (Lipinski definition) is 1. The van der Waals surface area contributed by atoms with Gasteiger partial charge < -0.3 is 10.6 Å². The van der Waals surface area contributed by atoms with E-state index in [9.17, 15) is 27.6 Å². The van der Waals surface area contributed by atoms with Crippen LogP contribution in [-0.4, -0.2) is 35.6 Å². The highest BCUT2D eigenvalue weighted by molar-refractivity contribution is 5.98. The first-order chi connectivity index (χ1) is 11.7. The molecule has 0 aromatic heterocycles. The summed E-state index contributed by atoms with van der Waals surface area (Å²) in [6.45, 7) is 0.700. The zero-order valence-corrected chi connectivity index (χ0v) is 13.5. The number of Topliss-reactive ketones (excluding diaryl/α,β-unsaturated/α-hetero) is 1. The third kappa shape index (κ3) is 5.04. The van der Waals surface area contributed by atoms with Gasteiger partial charge >= 0.3 is 6.18 Å². The van der Waals surface area contributed by atoms with Crippen LogP contribution >= 0.6 is 0 Å². The van der Waals surface area contributed by atoms with Gasteiger partial charge in [-0.3, -0.25) is 14.4 Å². The summed E-state index contributed by atoms with van der Waals surface area (Å²) >= 11 is 0. The number of nitrogens with two attached hydrogens (primary N) is 1. The Morgan fingerprint density at radius 1 is 1.12 bits per heavy atom. The number of carbonyl (C=O) groups is 3. The molecule has 0 radical (unpaired) electrons. The van der Waals surface area contributed by atoms with E-state index >= 15 is 0 Å². The lowest BCUT2D eigenvalue weighted by molar-refractivity contribution is -0.137. The quantitative estimate of drug-likeness (QED) is 0.823. The summed E-state index contributed by atoms with van der Waals surface area (Å²) in [6.07, 6.45) is -3.31. The van der Waals surface area contributed by atoms with Crippen molar-refractivity contribution >= 4 is 17.6 Å². The standard InChI is InChI=1S/C17H19F3N2O3/c18-17(19,20)13-5-3-11(4-6-13)16(25)12-2-1-9-22(10-12)15(24)8-7-14(21)23/h3-6,12H,1-2,7-10H2,(H2,21,23)/t12-/m0/s1. The van der Waals surface area contributed by atoms with E-state index in [4.69, 9.17) is 5.73 Å². The lowest BCUT2D eigenvalue weighted by Crippen LogP contribution is -2.42. The van der Waals surface area contributed by atoms with Crippen molar-refractivity contribution in [2.24, 2.45) is 11.7 Å². The molecular weight excluding hydrogens is 337 g/mol. The van der Waals surface area contributed by atoms with Gasteiger partial charge in [0.1, 0.15) is 0 Å². The van der Waals surface area contributed by atoms with Gasteiger partial charge in [-0.1, -0.05) is 12.1 Å². The van der Waals surface area contributed by atoms with Gasteiger partial charge in [0, 0.05) is 37.4 Å². The van der Waals surface area contributed by atoms with Gasteiger partial charge in [0.2, 0.25) is 11.8 Å². The van der Waals surface area contributed by atoms with Crippen molar-refractivity contribution in [3.63, 3.8) is 0 Å². The summed E-state index contributed by atoms with van der Waals surface area (Å²) < 4.78 is 37.7. The highest BCUT2D eigenvalue weighted by atomic mass is 19.4. The summed E-state index contributed by atoms with van der Waals surface area (Å²) in [5.74, 6) is -1.55. The van der Waals surface area contributed by atoms with Crippen LogP contribution < -0.4 is 5.73 Å². The fourth-order valence-corrected chi connectivity index (χ4v) is 2.87. The van der Waals surface area contributed by atoms with E-state index in [1.54, 1.807) is 0 Å². The van der Waals surface area contributed by atoms with Crippen LogP contribution in [0.3, 0.4) is 0 Å². The molecule has 1 aliphatic heterocycles. The summed E-state index contributed by atoms with van der Waals surface area (Å²) in [7, 11) is 0. The number of piperidine rings is 1. The highest BCUT2D eigenvalue weighted by Crippen LogP contribution is 2.30. The SMILES string of the molecule is NC(=O)CCC(=O)N1CCC[C@H](C(=O)c2ccc(C(F)(F)F)cc2)C1. The Labute approximate surface area is 143 Å². The number of hydrogen-bond acceptors (Lipinski definition) is 3. The molecule has 136 valence electrons. The van der Waals surface area contributed by atoms with E-state index in [2.05, 4.69) is 0 Å². The molecule has 0 spiro atoms. The van der Waals surface area contributed by atoms with Gasteiger partial charge in [0.25, 0.3) is 0 Å². The van der Waals surface area contributed by atoms with Crippen LogP contribution in [0.2, 0.25) is 0 Å². The highest BCUT2D eigenvalue weighted by Gasteiger charge is 2.32. The second-order valence-corrected chi connectivity index (χ2v) is 6.08. The minimum atomic E-state index is -4.45. The van der Waals surface area contributed by atoms with E-state index in [1.165, 1.54) is 17.0 Å². The van der Waals surface area contributed by atoms with Gasteiger partial charge in [-0.05, 0) is 25.0 Å². The largest absolute Gasteiger partial charge is 0.416 e. The summed E-state index contributed by atoms with van der Waals surface area (Å²) in [5, 5.41) is 0. The number of primary amides is 1. The van der Waals surface area contributed by atoms with Gasteiger partial charge in [-0.25, -0.2) is 0 Å². The van der Waals surface area contributed by atoms with Crippen molar-refractivity contribution in [2.75, 3.05) is 13.1 Å². The molecule has 2 amide bonds. The van der Waals surface area contributed by atoms with Crippen LogP contribution in [0.15, 0.2) is 24.3 Å². The van der Waals surface area contributed by atoms with E-state index in [1.807, 2.05) is 0 Å². The number of amides is 2. The number of halogens is 3. The molecule has 1 saturated heterocycles. The number of alkyl halides is 3. The van der Waals surface area contributed by atoms with E-state index in [-0.39, 0.29) is 36.6 Å². The number of ketones is 1. The Kier molecular flexibility index (Phi) is 5.81. The van der Waals surface area contributed by atoms with Crippen LogP contribution in [0.4, 0.5) is 13.2 Å². The second-order valence-electron chi connectivity index (χ2n) is 6.08. The molecule has 25 heavy (non-hydrogen) atoms. The molecule has 2 N–H and O–H groups in total. The second kappa shape index (κ2) is 7.67. The summed E-state index contributed by atoms with van der Waals surface area (Å²) in [4.78, 5) is 36.8. The maximum Gasteiger partial charge on any atom is 0.416 e. The predicted octanol–water partition coefficient (Wildman–Crippen LogP) is 2.39. The molecule has 1 aromatic carbocycles. The van der Waals surface area contributed by atoms with E-state index < -0.39 is 23.6 Å². The van der Waals surface area contributed by atoms with Gasteiger partial charge in [0.05, 0.1) is 5.56 Å². The Bertz CT molecular complexity index is 656. The average Bonchev–Trinajstić information content (AvgIpc) is 2.58. The van der Waals surface area contributed by atoms with Crippen molar-refractivity contribution in [2.45, 2.75) is 31.9 Å². The predicted molar refractivity (Wildman–Crippen MR) is 83.5 cm³/mol.